The smallest absolute Gasteiger partial charge is 0.223 e. The first kappa shape index (κ1) is 25.4. The molecule has 8 heteroatoms. The molecule has 2 aliphatic carbocycles. The van der Waals surface area contributed by atoms with Gasteiger partial charge in [-0.05, 0) is 54.7 Å². The number of amides is 1. The van der Waals surface area contributed by atoms with Gasteiger partial charge in [0.05, 0.1) is 18.4 Å². The van der Waals surface area contributed by atoms with Gasteiger partial charge in [-0.25, -0.2) is 4.98 Å². The number of aromatic nitrogens is 1. The molecule has 0 bridgehead atoms. The summed E-state index contributed by atoms with van der Waals surface area (Å²) in [4.78, 5) is 18.9. The van der Waals surface area contributed by atoms with Gasteiger partial charge in [0.15, 0.2) is 0 Å². The van der Waals surface area contributed by atoms with Crippen LogP contribution in [0.25, 0.3) is 0 Å². The first-order valence-electron chi connectivity index (χ1n) is 12.0. The second kappa shape index (κ2) is 10.5. The molecule has 1 amide bonds. The zero-order valence-corrected chi connectivity index (χ0v) is 21.9. The first-order valence-corrected chi connectivity index (χ1v) is 13.2. The number of hydrogen-bond donors (Lipinski definition) is 2. The maximum Gasteiger partial charge on any atom is 0.223 e. The van der Waals surface area contributed by atoms with Gasteiger partial charge in [-0.3, -0.25) is 4.79 Å². The molecular weight excluding hydrogens is 472 g/mol. The highest BCUT2D eigenvalue weighted by atomic mass is 35.5. The summed E-state index contributed by atoms with van der Waals surface area (Å²) in [5.41, 5.74) is 1.07. The number of aliphatic hydroxyl groups is 1. The number of methoxy groups -OCH3 is 1. The second-order valence-corrected chi connectivity index (χ2v) is 11.7. The highest BCUT2D eigenvalue weighted by Crippen LogP contribution is 2.57. The van der Waals surface area contributed by atoms with Crippen LogP contribution in [0.4, 0.5) is 0 Å². The van der Waals surface area contributed by atoms with Crippen molar-refractivity contribution in [1.29, 1.82) is 0 Å². The minimum absolute atomic E-state index is 0.00774. The minimum Gasteiger partial charge on any atom is -0.486 e. The normalized spacial score (nSPS) is 29.1. The van der Waals surface area contributed by atoms with Gasteiger partial charge < -0.3 is 19.9 Å². The Morgan fingerprint density at radius 3 is 2.97 bits per heavy atom. The van der Waals surface area contributed by atoms with Crippen LogP contribution >= 0.6 is 22.9 Å². The number of halogens is 1. The number of fused-ring (bicyclic) bond motifs is 2. The average molecular weight is 507 g/mol. The van der Waals surface area contributed by atoms with E-state index in [2.05, 4.69) is 19.2 Å². The molecule has 0 unspecified atom stereocenters. The van der Waals surface area contributed by atoms with Gasteiger partial charge in [0.25, 0.3) is 0 Å². The van der Waals surface area contributed by atoms with Crippen molar-refractivity contribution in [2.24, 2.45) is 23.2 Å². The van der Waals surface area contributed by atoms with Gasteiger partial charge in [0.1, 0.15) is 17.4 Å². The van der Waals surface area contributed by atoms with E-state index in [-0.39, 0.29) is 35.0 Å². The first-order chi connectivity index (χ1) is 16.2. The standard InChI is InChI=1S/C26H35ClN2O4S/c1-15(25(31)28-10-11-32-4)19-8-9-26(3)13-20-23(16(2)22(26)24(19)30)29-21(34-20)14-33-18-7-5-6-17(27)12-18/h5-7,12,15-16,19,22,24,30H,8-11,13-14H2,1-4H3,(H,28,31)/t15-,16-,19+,22+,24-,26-/m0/s1. The van der Waals surface area contributed by atoms with E-state index in [1.165, 1.54) is 4.88 Å². The van der Waals surface area contributed by atoms with Crippen LogP contribution in [-0.2, 0) is 22.6 Å². The summed E-state index contributed by atoms with van der Waals surface area (Å²) in [5.74, 6) is 0.590. The Kier molecular flexibility index (Phi) is 7.87. The highest BCUT2D eigenvalue weighted by Gasteiger charge is 2.53. The molecule has 0 aliphatic heterocycles. The van der Waals surface area contributed by atoms with Crippen molar-refractivity contribution in [1.82, 2.24) is 10.3 Å². The number of benzene rings is 1. The molecule has 1 saturated carbocycles. The molecule has 6 nitrogen and oxygen atoms in total. The fraction of sp³-hybridized carbons (Fsp3) is 0.615. The predicted octanol–water partition coefficient (Wildman–Crippen LogP) is 4.83. The molecule has 186 valence electrons. The number of hydrogen-bond acceptors (Lipinski definition) is 6. The summed E-state index contributed by atoms with van der Waals surface area (Å²) < 4.78 is 11.0. The molecule has 34 heavy (non-hydrogen) atoms. The maximum atomic E-state index is 12.7. The van der Waals surface area contributed by atoms with E-state index in [1.54, 1.807) is 24.5 Å². The average Bonchev–Trinajstić information content (AvgIpc) is 3.20. The lowest BCUT2D eigenvalue weighted by Crippen LogP contribution is -2.53. The third-order valence-electron chi connectivity index (χ3n) is 7.79. The van der Waals surface area contributed by atoms with Crippen LogP contribution in [-0.4, -0.2) is 42.4 Å². The Bertz CT molecular complexity index is 1010. The zero-order chi connectivity index (χ0) is 24.5. The van der Waals surface area contributed by atoms with Crippen molar-refractivity contribution in [3.63, 3.8) is 0 Å². The summed E-state index contributed by atoms with van der Waals surface area (Å²) in [7, 11) is 1.62. The number of aliphatic hydroxyl groups excluding tert-OH is 1. The van der Waals surface area contributed by atoms with Crippen LogP contribution in [0.1, 0.15) is 55.1 Å². The van der Waals surface area contributed by atoms with E-state index < -0.39 is 6.10 Å². The van der Waals surface area contributed by atoms with Crippen molar-refractivity contribution in [2.75, 3.05) is 20.3 Å². The Morgan fingerprint density at radius 2 is 2.24 bits per heavy atom. The van der Waals surface area contributed by atoms with Crippen LogP contribution in [0.3, 0.4) is 0 Å². The lowest BCUT2D eigenvalue weighted by molar-refractivity contribution is -0.135. The molecule has 0 spiro atoms. The van der Waals surface area contributed by atoms with Crippen LogP contribution < -0.4 is 10.1 Å². The van der Waals surface area contributed by atoms with Crippen molar-refractivity contribution < 1.29 is 19.4 Å². The van der Waals surface area contributed by atoms with Crippen LogP contribution in [0.2, 0.25) is 5.02 Å². The van der Waals surface area contributed by atoms with E-state index in [4.69, 9.17) is 26.1 Å². The Hall–Kier alpha value is -1.67. The number of carbonyl (C=O) groups is 1. The lowest BCUT2D eigenvalue weighted by atomic mass is 9.53. The third-order valence-corrected chi connectivity index (χ3v) is 9.07. The van der Waals surface area contributed by atoms with E-state index in [1.807, 2.05) is 25.1 Å². The van der Waals surface area contributed by atoms with Crippen LogP contribution in [0.5, 0.6) is 5.75 Å². The fourth-order valence-electron chi connectivity index (χ4n) is 5.99. The SMILES string of the molecule is COCCNC(=O)[C@@H](C)[C@H]1CC[C@@]2(C)Cc3sc(COc4cccc(Cl)c4)nc3[C@@H](C)[C@@H]2[C@H]1O. The van der Waals surface area contributed by atoms with Gasteiger partial charge in [-0.2, -0.15) is 0 Å². The molecule has 1 aromatic carbocycles. The van der Waals surface area contributed by atoms with Crippen molar-refractivity contribution in [3.05, 3.63) is 44.9 Å². The van der Waals surface area contributed by atoms with Gasteiger partial charge in [0, 0.05) is 35.4 Å². The third kappa shape index (κ3) is 5.13. The Balaban J connectivity index is 1.48. The second-order valence-electron chi connectivity index (χ2n) is 10.1. The number of rotatable bonds is 8. The maximum absolute atomic E-state index is 12.7. The molecule has 4 rings (SSSR count). The van der Waals surface area contributed by atoms with Gasteiger partial charge in [0.2, 0.25) is 5.91 Å². The topological polar surface area (TPSA) is 80.7 Å². The predicted molar refractivity (Wildman–Crippen MR) is 134 cm³/mol. The Labute approximate surface area is 211 Å². The molecule has 1 heterocycles. The number of carbonyl (C=O) groups excluding carboxylic acids is 1. The summed E-state index contributed by atoms with van der Waals surface area (Å²) in [5, 5.41) is 16.1. The molecule has 2 aromatic rings. The van der Waals surface area contributed by atoms with Crippen molar-refractivity contribution >= 4 is 28.8 Å². The van der Waals surface area contributed by atoms with E-state index >= 15 is 0 Å². The number of ether oxygens (including phenoxy) is 2. The number of thiazole rings is 1. The van der Waals surface area contributed by atoms with Crippen molar-refractivity contribution in [3.8, 4) is 5.75 Å². The largest absolute Gasteiger partial charge is 0.486 e. The summed E-state index contributed by atoms with van der Waals surface area (Å²) >= 11 is 7.78. The van der Waals surface area contributed by atoms with Gasteiger partial charge in [-0.1, -0.05) is 38.4 Å². The number of nitrogens with zero attached hydrogens (tertiary/aromatic N) is 1. The summed E-state index contributed by atoms with van der Waals surface area (Å²) in [6, 6.07) is 7.38. The zero-order valence-electron chi connectivity index (χ0n) is 20.3. The monoisotopic (exact) mass is 506 g/mol. The molecule has 1 fully saturated rings. The molecular formula is C26H35ClN2O4S. The fourth-order valence-corrected chi connectivity index (χ4v) is 7.46. The van der Waals surface area contributed by atoms with Gasteiger partial charge >= 0.3 is 0 Å². The lowest BCUT2D eigenvalue weighted by Gasteiger charge is -2.53. The quantitative estimate of drug-likeness (QED) is 0.501. The molecule has 2 aliphatic rings. The minimum atomic E-state index is -0.544. The summed E-state index contributed by atoms with van der Waals surface area (Å²) in [6.07, 6.45) is 2.20. The van der Waals surface area contributed by atoms with Crippen molar-refractivity contribution in [2.45, 2.75) is 58.7 Å². The molecule has 0 radical (unpaired) electrons. The van der Waals surface area contributed by atoms with E-state index in [9.17, 15) is 9.90 Å². The van der Waals surface area contributed by atoms with Crippen LogP contribution in [0.15, 0.2) is 24.3 Å². The van der Waals surface area contributed by atoms with E-state index in [0.29, 0.717) is 24.8 Å². The molecule has 0 saturated heterocycles. The summed E-state index contributed by atoms with van der Waals surface area (Å²) in [6.45, 7) is 7.78. The highest BCUT2D eigenvalue weighted by molar-refractivity contribution is 7.11. The molecule has 2 N–H and O–H groups in total. The van der Waals surface area contributed by atoms with Crippen LogP contribution in [0, 0.1) is 23.2 Å². The van der Waals surface area contributed by atoms with Gasteiger partial charge in [-0.15, -0.1) is 11.3 Å². The molecule has 6 atom stereocenters. The van der Waals surface area contributed by atoms with E-state index in [0.717, 1.165) is 35.7 Å². The number of nitrogens with one attached hydrogen (secondary N) is 1. The molecule has 1 aromatic heterocycles. The Morgan fingerprint density at radius 1 is 1.44 bits per heavy atom.